The van der Waals surface area contributed by atoms with Gasteiger partial charge >= 0.3 is 0 Å². The van der Waals surface area contributed by atoms with Crippen LogP contribution in [-0.4, -0.2) is 17.7 Å². The molecule has 1 aromatic rings. The van der Waals surface area contributed by atoms with Gasteiger partial charge in [-0.3, -0.25) is 4.79 Å². The maximum Gasteiger partial charge on any atom is 0.221 e. The SMILES string of the molecule is CC(=O)Nc1ccc(OC2(C)CC2)cc1C=N. The first-order valence-corrected chi connectivity index (χ1v) is 5.63. The predicted octanol–water partition coefficient (Wildman–Crippen LogP) is 2.57. The van der Waals surface area contributed by atoms with Crippen molar-refractivity contribution in [3.63, 3.8) is 0 Å². The summed E-state index contributed by atoms with van der Waals surface area (Å²) < 4.78 is 5.80. The Kier molecular flexibility index (Phi) is 2.88. The minimum absolute atomic E-state index is 0.0329. The first-order valence-electron chi connectivity index (χ1n) is 5.63. The highest BCUT2D eigenvalue weighted by Gasteiger charge is 2.40. The lowest BCUT2D eigenvalue weighted by molar-refractivity contribution is -0.114. The van der Waals surface area contributed by atoms with E-state index in [2.05, 4.69) is 12.2 Å². The van der Waals surface area contributed by atoms with E-state index < -0.39 is 0 Å². The maximum atomic E-state index is 11.0. The highest BCUT2D eigenvalue weighted by molar-refractivity contribution is 5.96. The summed E-state index contributed by atoms with van der Waals surface area (Å²) in [7, 11) is 0. The lowest BCUT2D eigenvalue weighted by Crippen LogP contribution is -2.13. The quantitative estimate of drug-likeness (QED) is 0.784. The van der Waals surface area contributed by atoms with Gasteiger partial charge in [-0.2, -0.15) is 0 Å². The molecule has 4 heteroatoms. The Balaban J connectivity index is 2.20. The fourth-order valence-corrected chi connectivity index (χ4v) is 1.59. The van der Waals surface area contributed by atoms with E-state index in [4.69, 9.17) is 10.1 Å². The van der Waals surface area contributed by atoms with E-state index in [9.17, 15) is 4.79 Å². The Morgan fingerprint density at radius 3 is 2.76 bits per heavy atom. The van der Waals surface area contributed by atoms with Crippen LogP contribution < -0.4 is 10.1 Å². The van der Waals surface area contributed by atoms with Gasteiger partial charge in [-0.05, 0) is 38.0 Å². The van der Waals surface area contributed by atoms with Crippen molar-refractivity contribution >= 4 is 17.8 Å². The molecule has 1 aliphatic carbocycles. The van der Waals surface area contributed by atoms with Crippen LogP contribution in [0.3, 0.4) is 0 Å². The third kappa shape index (κ3) is 2.84. The van der Waals surface area contributed by atoms with Gasteiger partial charge < -0.3 is 15.5 Å². The molecule has 1 fully saturated rings. The van der Waals surface area contributed by atoms with E-state index >= 15 is 0 Å². The van der Waals surface area contributed by atoms with Gasteiger partial charge in [0.05, 0.1) is 0 Å². The lowest BCUT2D eigenvalue weighted by Gasteiger charge is -2.14. The standard InChI is InChI=1S/C13H16N2O2/c1-9(16)15-12-4-3-11(7-10(12)8-14)17-13(2)5-6-13/h3-4,7-8,14H,5-6H2,1-2H3,(H,15,16). The highest BCUT2D eigenvalue weighted by atomic mass is 16.5. The second kappa shape index (κ2) is 4.20. The van der Waals surface area contributed by atoms with Crippen molar-refractivity contribution in [1.29, 1.82) is 5.41 Å². The van der Waals surface area contributed by atoms with Crippen LogP contribution in [0.4, 0.5) is 5.69 Å². The molecule has 0 aliphatic heterocycles. The average molecular weight is 232 g/mol. The van der Waals surface area contributed by atoms with Gasteiger partial charge in [0.25, 0.3) is 0 Å². The topological polar surface area (TPSA) is 62.2 Å². The Morgan fingerprint density at radius 2 is 2.24 bits per heavy atom. The van der Waals surface area contributed by atoms with Gasteiger partial charge in [-0.15, -0.1) is 0 Å². The molecule has 1 aromatic carbocycles. The van der Waals surface area contributed by atoms with E-state index in [1.54, 1.807) is 12.1 Å². The Morgan fingerprint density at radius 1 is 1.53 bits per heavy atom. The molecule has 1 aliphatic rings. The summed E-state index contributed by atoms with van der Waals surface area (Å²) >= 11 is 0. The number of amides is 1. The number of hydrogen-bond acceptors (Lipinski definition) is 3. The van der Waals surface area contributed by atoms with Crippen LogP contribution in [0.2, 0.25) is 0 Å². The van der Waals surface area contributed by atoms with Crippen molar-refractivity contribution in [2.45, 2.75) is 32.3 Å². The van der Waals surface area contributed by atoms with E-state index in [1.165, 1.54) is 13.1 Å². The highest BCUT2D eigenvalue weighted by Crippen LogP contribution is 2.40. The van der Waals surface area contributed by atoms with Crippen LogP contribution in [0.5, 0.6) is 5.75 Å². The molecule has 0 heterocycles. The molecular formula is C13H16N2O2. The molecule has 0 spiro atoms. The lowest BCUT2D eigenvalue weighted by atomic mass is 10.1. The molecule has 0 unspecified atom stereocenters. The Bertz CT molecular complexity index is 464. The first-order chi connectivity index (χ1) is 8.02. The van der Waals surface area contributed by atoms with Crippen molar-refractivity contribution in [3.05, 3.63) is 23.8 Å². The van der Waals surface area contributed by atoms with Crippen LogP contribution in [0.1, 0.15) is 32.3 Å². The summed E-state index contributed by atoms with van der Waals surface area (Å²) in [5.74, 6) is 0.605. The zero-order valence-electron chi connectivity index (χ0n) is 10.0. The average Bonchev–Trinajstić information content (AvgIpc) is 2.98. The maximum absolute atomic E-state index is 11.0. The molecule has 2 N–H and O–H groups in total. The van der Waals surface area contributed by atoms with E-state index in [0.717, 1.165) is 18.6 Å². The molecular weight excluding hydrogens is 216 g/mol. The van der Waals surface area contributed by atoms with Gasteiger partial charge in [0.1, 0.15) is 11.4 Å². The number of benzene rings is 1. The summed E-state index contributed by atoms with van der Waals surface area (Å²) in [6.45, 7) is 3.52. The number of nitrogens with one attached hydrogen (secondary N) is 2. The van der Waals surface area contributed by atoms with Crippen LogP contribution in [-0.2, 0) is 4.79 Å². The minimum Gasteiger partial charge on any atom is -0.488 e. The largest absolute Gasteiger partial charge is 0.488 e. The van der Waals surface area contributed by atoms with Crippen molar-refractivity contribution in [2.75, 3.05) is 5.32 Å². The number of carbonyl (C=O) groups excluding carboxylic acids is 1. The van der Waals surface area contributed by atoms with Crippen LogP contribution >= 0.6 is 0 Å². The monoisotopic (exact) mass is 232 g/mol. The molecule has 0 radical (unpaired) electrons. The van der Waals surface area contributed by atoms with Gasteiger partial charge in [0.2, 0.25) is 5.91 Å². The van der Waals surface area contributed by atoms with E-state index in [0.29, 0.717) is 11.3 Å². The van der Waals surface area contributed by atoms with Crippen LogP contribution in [0.15, 0.2) is 18.2 Å². The Labute approximate surface area is 100 Å². The molecule has 1 amide bonds. The molecule has 1 saturated carbocycles. The number of anilines is 1. The van der Waals surface area contributed by atoms with E-state index in [-0.39, 0.29) is 11.5 Å². The van der Waals surface area contributed by atoms with Crippen molar-refractivity contribution in [3.8, 4) is 5.75 Å². The zero-order valence-corrected chi connectivity index (χ0v) is 10.0. The fraction of sp³-hybridized carbons (Fsp3) is 0.385. The number of rotatable bonds is 4. The third-order valence-electron chi connectivity index (χ3n) is 2.81. The molecule has 17 heavy (non-hydrogen) atoms. The first kappa shape index (κ1) is 11.6. The van der Waals surface area contributed by atoms with Gasteiger partial charge in [0, 0.05) is 24.4 Å². The minimum atomic E-state index is -0.143. The second-order valence-electron chi connectivity index (χ2n) is 4.63. The van der Waals surface area contributed by atoms with Crippen molar-refractivity contribution in [2.24, 2.45) is 0 Å². The van der Waals surface area contributed by atoms with Crippen LogP contribution in [0, 0.1) is 5.41 Å². The summed E-state index contributed by atoms with van der Waals surface area (Å²) in [5, 5.41) is 10.0. The third-order valence-corrected chi connectivity index (χ3v) is 2.81. The molecule has 4 nitrogen and oxygen atoms in total. The fourth-order valence-electron chi connectivity index (χ4n) is 1.59. The summed E-state index contributed by atoms with van der Waals surface area (Å²) in [4.78, 5) is 11.0. The normalized spacial score (nSPS) is 16.1. The molecule has 0 bridgehead atoms. The van der Waals surface area contributed by atoms with Crippen molar-refractivity contribution in [1.82, 2.24) is 0 Å². The predicted molar refractivity (Wildman–Crippen MR) is 66.9 cm³/mol. The molecule has 0 atom stereocenters. The summed E-state index contributed by atoms with van der Waals surface area (Å²) in [6.07, 6.45) is 3.36. The van der Waals surface area contributed by atoms with Gasteiger partial charge in [0.15, 0.2) is 0 Å². The number of hydrogen-bond donors (Lipinski definition) is 2. The Hall–Kier alpha value is -1.84. The van der Waals surface area contributed by atoms with Crippen LogP contribution in [0.25, 0.3) is 0 Å². The number of carbonyl (C=O) groups is 1. The van der Waals surface area contributed by atoms with Gasteiger partial charge in [-0.1, -0.05) is 0 Å². The molecule has 90 valence electrons. The summed E-state index contributed by atoms with van der Waals surface area (Å²) in [5.41, 5.74) is 1.26. The van der Waals surface area contributed by atoms with E-state index in [1.807, 2.05) is 6.07 Å². The smallest absolute Gasteiger partial charge is 0.221 e. The number of ether oxygens (including phenoxy) is 1. The van der Waals surface area contributed by atoms with Gasteiger partial charge in [-0.25, -0.2) is 0 Å². The molecule has 2 rings (SSSR count). The molecule has 0 saturated heterocycles. The zero-order chi connectivity index (χ0) is 12.5. The second-order valence-corrected chi connectivity index (χ2v) is 4.63. The van der Waals surface area contributed by atoms with Crippen molar-refractivity contribution < 1.29 is 9.53 Å². The summed E-state index contributed by atoms with van der Waals surface area (Å²) in [6, 6.07) is 5.37. The molecule has 0 aromatic heterocycles.